The summed E-state index contributed by atoms with van der Waals surface area (Å²) in [5, 5.41) is 10.5. The lowest BCUT2D eigenvalue weighted by Crippen LogP contribution is -2.36. The molecular weight excluding hydrogens is 226 g/mol. The summed E-state index contributed by atoms with van der Waals surface area (Å²) in [5.41, 5.74) is -0.729. The molecule has 0 saturated heterocycles. The van der Waals surface area contributed by atoms with Crippen molar-refractivity contribution in [3.05, 3.63) is 5.82 Å². The maximum absolute atomic E-state index is 9.69. The maximum Gasteiger partial charge on any atom is 0.205 e. The van der Waals surface area contributed by atoms with Crippen LogP contribution >= 0.6 is 11.5 Å². The van der Waals surface area contributed by atoms with Crippen molar-refractivity contribution in [3.63, 3.8) is 0 Å². The lowest BCUT2D eigenvalue weighted by Gasteiger charge is -2.24. The number of aliphatic hydroxyl groups is 1. The van der Waals surface area contributed by atoms with Crippen LogP contribution in [0.4, 0.5) is 5.13 Å². The van der Waals surface area contributed by atoms with E-state index in [0.717, 1.165) is 17.4 Å². The summed E-state index contributed by atoms with van der Waals surface area (Å²) in [7, 11) is 3.56. The topological polar surface area (TPSA) is 58.5 Å². The van der Waals surface area contributed by atoms with Gasteiger partial charge in [-0.15, -0.1) is 0 Å². The van der Waals surface area contributed by atoms with E-state index in [9.17, 15) is 5.11 Å². The molecule has 0 aliphatic carbocycles. The molecule has 1 heterocycles. The zero-order valence-electron chi connectivity index (χ0n) is 10.2. The van der Waals surface area contributed by atoms with Gasteiger partial charge >= 0.3 is 0 Å². The van der Waals surface area contributed by atoms with Gasteiger partial charge in [-0.3, -0.25) is 0 Å². The quantitative estimate of drug-likeness (QED) is 0.808. The van der Waals surface area contributed by atoms with Gasteiger partial charge < -0.3 is 14.7 Å². The third-order valence-corrected chi connectivity index (χ3v) is 2.81. The Balaban J connectivity index is 2.56. The van der Waals surface area contributed by atoms with Crippen molar-refractivity contribution in [3.8, 4) is 0 Å². The van der Waals surface area contributed by atoms with Gasteiger partial charge in [0.2, 0.25) is 5.13 Å². The predicted octanol–water partition coefficient (Wildman–Crippen LogP) is 0.934. The highest BCUT2D eigenvalue weighted by Gasteiger charge is 2.18. The lowest BCUT2D eigenvalue weighted by molar-refractivity contribution is 0.0886. The van der Waals surface area contributed by atoms with Crippen molar-refractivity contribution < 1.29 is 9.84 Å². The van der Waals surface area contributed by atoms with E-state index in [1.165, 1.54) is 11.5 Å². The number of ether oxygens (including phenoxy) is 1. The summed E-state index contributed by atoms with van der Waals surface area (Å²) in [6.45, 7) is 4.71. The third kappa shape index (κ3) is 4.42. The van der Waals surface area contributed by atoms with Crippen LogP contribution < -0.4 is 4.90 Å². The van der Waals surface area contributed by atoms with E-state index in [4.69, 9.17) is 4.74 Å². The highest BCUT2D eigenvalue weighted by Crippen LogP contribution is 2.18. The summed E-state index contributed by atoms with van der Waals surface area (Å²) in [6.07, 6.45) is 0.726. The van der Waals surface area contributed by atoms with Crippen LogP contribution in [0.3, 0.4) is 0 Å². The Morgan fingerprint density at radius 1 is 1.50 bits per heavy atom. The molecule has 0 saturated carbocycles. The minimum absolute atomic E-state index is 0.534. The largest absolute Gasteiger partial charge is 0.389 e. The van der Waals surface area contributed by atoms with Gasteiger partial charge in [0, 0.05) is 38.7 Å². The van der Waals surface area contributed by atoms with Crippen molar-refractivity contribution in [1.82, 2.24) is 9.36 Å². The van der Waals surface area contributed by atoms with E-state index < -0.39 is 5.60 Å². The van der Waals surface area contributed by atoms with E-state index in [2.05, 4.69) is 9.36 Å². The molecule has 0 aliphatic rings. The molecule has 0 radical (unpaired) electrons. The highest BCUT2D eigenvalue weighted by atomic mass is 32.1. The van der Waals surface area contributed by atoms with Crippen LogP contribution in [0.25, 0.3) is 0 Å². The monoisotopic (exact) mass is 245 g/mol. The third-order valence-electron chi connectivity index (χ3n) is 1.94. The first kappa shape index (κ1) is 13.3. The summed E-state index contributed by atoms with van der Waals surface area (Å²) in [4.78, 5) is 6.28. The fourth-order valence-corrected chi connectivity index (χ4v) is 2.01. The Kier molecular flexibility index (Phi) is 4.64. The highest BCUT2D eigenvalue weighted by molar-refractivity contribution is 7.09. The molecule has 1 rings (SSSR count). The number of aromatic nitrogens is 2. The van der Waals surface area contributed by atoms with Gasteiger partial charge in [-0.05, 0) is 13.8 Å². The molecule has 0 spiro atoms. The van der Waals surface area contributed by atoms with Gasteiger partial charge in [0.05, 0.1) is 12.2 Å². The standard InChI is InChI=1S/C10H19N3O2S/c1-10(2,14)7-13(3)9-11-8(12-16-9)5-6-15-4/h14H,5-7H2,1-4H3. The average Bonchev–Trinajstić information content (AvgIpc) is 2.60. The van der Waals surface area contributed by atoms with Crippen molar-refractivity contribution >= 4 is 16.7 Å². The van der Waals surface area contributed by atoms with Gasteiger partial charge in [0.1, 0.15) is 5.82 Å². The molecule has 0 bridgehead atoms. The summed E-state index contributed by atoms with van der Waals surface area (Å²) >= 11 is 1.35. The van der Waals surface area contributed by atoms with Gasteiger partial charge in [-0.25, -0.2) is 4.98 Å². The van der Waals surface area contributed by atoms with Crippen LogP contribution in [-0.2, 0) is 11.2 Å². The van der Waals surface area contributed by atoms with E-state index in [0.29, 0.717) is 13.2 Å². The SMILES string of the molecule is COCCc1nsc(N(C)CC(C)(C)O)n1. The lowest BCUT2D eigenvalue weighted by atomic mass is 10.1. The van der Waals surface area contributed by atoms with Crippen molar-refractivity contribution in [2.45, 2.75) is 25.9 Å². The molecule has 6 heteroatoms. The second-order valence-corrected chi connectivity index (χ2v) is 5.13. The minimum atomic E-state index is -0.729. The Morgan fingerprint density at radius 2 is 2.19 bits per heavy atom. The molecular formula is C10H19N3O2S. The first-order valence-electron chi connectivity index (χ1n) is 5.17. The molecule has 1 N–H and O–H groups in total. The molecule has 1 aromatic rings. The molecule has 0 unspecified atom stereocenters. The van der Waals surface area contributed by atoms with Gasteiger partial charge in [0.15, 0.2) is 0 Å². The number of likely N-dealkylation sites (N-methyl/N-ethyl adjacent to an activating group) is 1. The van der Waals surface area contributed by atoms with E-state index in [1.54, 1.807) is 21.0 Å². The molecule has 92 valence electrons. The molecule has 0 atom stereocenters. The smallest absolute Gasteiger partial charge is 0.205 e. The number of nitrogens with zero attached hydrogens (tertiary/aromatic N) is 3. The molecule has 0 amide bonds. The predicted molar refractivity (Wildman–Crippen MR) is 65.1 cm³/mol. The van der Waals surface area contributed by atoms with Gasteiger partial charge in [-0.1, -0.05) is 0 Å². The van der Waals surface area contributed by atoms with Crippen molar-refractivity contribution in [1.29, 1.82) is 0 Å². The number of anilines is 1. The Labute approximate surface area is 100 Å². The number of rotatable bonds is 6. The van der Waals surface area contributed by atoms with Gasteiger partial charge in [-0.2, -0.15) is 4.37 Å². The second kappa shape index (κ2) is 5.56. The van der Waals surface area contributed by atoms with Crippen LogP contribution in [0.15, 0.2) is 0 Å². The number of methoxy groups -OCH3 is 1. The molecule has 0 aromatic carbocycles. The van der Waals surface area contributed by atoms with Gasteiger partial charge in [0.25, 0.3) is 0 Å². The van der Waals surface area contributed by atoms with Crippen molar-refractivity contribution in [2.24, 2.45) is 0 Å². The maximum atomic E-state index is 9.69. The first-order valence-corrected chi connectivity index (χ1v) is 5.95. The fraction of sp³-hybridized carbons (Fsp3) is 0.800. The summed E-state index contributed by atoms with van der Waals surface area (Å²) in [6, 6.07) is 0. The Bertz CT molecular complexity index is 322. The van der Waals surface area contributed by atoms with Crippen LogP contribution in [0.1, 0.15) is 19.7 Å². The molecule has 0 aliphatic heterocycles. The minimum Gasteiger partial charge on any atom is -0.389 e. The zero-order chi connectivity index (χ0) is 12.2. The number of hydrogen-bond donors (Lipinski definition) is 1. The van der Waals surface area contributed by atoms with E-state index in [1.807, 2.05) is 11.9 Å². The fourth-order valence-electron chi connectivity index (χ4n) is 1.34. The molecule has 0 fully saturated rings. The Hall–Kier alpha value is -0.720. The molecule has 5 nitrogen and oxygen atoms in total. The second-order valence-electron chi connectivity index (χ2n) is 4.40. The van der Waals surface area contributed by atoms with Crippen LogP contribution in [0.2, 0.25) is 0 Å². The number of hydrogen-bond acceptors (Lipinski definition) is 6. The molecule has 16 heavy (non-hydrogen) atoms. The van der Waals surface area contributed by atoms with Crippen LogP contribution in [0, 0.1) is 0 Å². The van der Waals surface area contributed by atoms with Crippen LogP contribution in [-0.4, -0.2) is 47.4 Å². The zero-order valence-corrected chi connectivity index (χ0v) is 11.0. The van der Waals surface area contributed by atoms with E-state index in [-0.39, 0.29) is 0 Å². The molecule has 1 aromatic heterocycles. The summed E-state index contributed by atoms with van der Waals surface area (Å²) < 4.78 is 9.20. The first-order chi connectivity index (χ1) is 7.42. The van der Waals surface area contributed by atoms with Crippen LogP contribution in [0.5, 0.6) is 0 Å². The van der Waals surface area contributed by atoms with E-state index >= 15 is 0 Å². The summed E-state index contributed by atoms with van der Waals surface area (Å²) in [5.74, 6) is 0.796. The average molecular weight is 245 g/mol. The Morgan fingerprint density at radius 3 is 2.75 bits per heavy atom. The van der Waals surface area contributed by atoms with Crippen molar-refractivity contribution in [2.75, 3.05) is 32.2 Å². The normalized spacial score (nSPS) is 11.8.